The van der Waals surface area contributed by atoms with Gasteiger partial charge < -0.3 is 4.74 Å². The summed E-state index contributed by atoms with van der Waals surface area (Å²) in [7, 11) is 0. The van der Waals surface area contributed by atoms with Crippen LogP contribution >= 0.6 is 0 Å². The van der Waals surface area contributed by atoms with E-state index in [9.17, 15) is 0 Å². The number of ether oxygens (including phenoxy) is 1. The fraction of sp³-hybridized carbons (Fsp3) is 0.182. The van der Waals surface area contributed by atoms with Crippen LogP contribution in [0.3, 0.4) is 0 Å². The Balaban J connectivity index is 2.15. The lowest BCUT2D eigenvalue weighted by atomic mass is 10.3. The third kappa shape index (κ3) is 1.96. The number of hydrogen-bond acceptors (Lipinski definition) is 2. The van der Waals surface area contributed by atoms with Crippen molar-refractivity contribution in [1.82, 2.24) is 0 Å². The molecule has 0 aliphatic carbocycles. The lowest BCUT2D eigenvalue weighted by Gasteiger charge is -1.98. The van der Waals surface area contributed by atoms with E-state index >= 15 is 0 Å². The van der Waals surface area contributed by atoms with Crippen LogP contribution in [0.1, 0.15) is 13.3 Å². The molecule has 13 heavy (non-hydrogen) atoms. The monoisotopic (exact) mass is 173 g/mol. The number of hydrogen-bond donors (Lipinski definition) is 0. The second kappa shape index (κ2) is 3.44. The summed E-state index contributed by atoms with van der Waals surface area (Å²) in [5.74, 6) is 1.72. The number of rotatable bonds is 1. The molecule has 2 rings (SSSR count). The normalized spacial score (nSPS) is 18.5. The molecule has 66 valence electrons. The zero-order valence-electron chi connectivity index (χ0n) is 7.53. The number of nitrogens with zero attached hydrogens (tertiary/aromatic N) is 1. The van der Waals surface area contributed by atoms with Crippen molar-refractivity contribution >= 4 is 11.6 Å². The molecule has 0 unspecified atom stereocenters. The van der Waals surface area contributed by atoms with E-state index in [0.29, 0.717) is 0 Å². The highest BCUT2D eigenvalue weighted by molar-refractivity contribution is 5.83. The molecule has 1 aromatic carbocycles. The third-order valence-electron chi connectivity index (χ3n) is 1.85. The molecule has 0 saturated heterocycles. The van der Waals surface area contributed by atoms with Gasteiger partial charge in [-0.05, 0) is 25.1 Å². The highest BCUT2D eigenvalue weighted by atomic mass is 16.5. The summed E-state index contributed by atoms with van der Waals surface area (Å²) in [6, 6.07) is 9.83. The van der Waals surface area contributed by atoms with Crippen LogP contribution in [0.5, 0.6) is 0 Å². The molecule has 0 aromatic heterocycles. The van der Waals surface area contributed by atoms with Crippen molar-refractivity contribution in [1.29, 1.82) is 0 Å². The van der Waals surface area contributed by atoms with E-state index in [4.69, 9.17) is 4.74 Å². The lowest BCUT2D eigenvalue weighted by Crippen LogP contribution is -1.93. The molecule has 0 bridgehead atoms. The summed E-state index contributed by atoms with van der Waals surface area (Å²) in [6.07, 6.45) is 2.84. The third-order valence-corrected chi connectivity index (χ3v) is 1.85. The van der Waals surface area contributed by atoms with Gasteiger partial charge in [0, 0.05) is 6.42 Å². The molecule has 0 atom stereocenters. The molecule has 0 amide bonds. The van der Waals surface area contributed by atoms with Crippen LogP contribution < -0.4 is 0 Å². The van der Waals surface area contributed by atoms with Crippen LogP contribution in [0.2, 0.25) is 0 Å². The van der Waals surface area contributed by atoms with Crippen LogP contribution in [0.4, 0.5) is 5.69 Å². The Hall–Kier alpha value is -1.57. The molecule has 0 N–H and O–H groups in total. The van der Waals surface area contributed by atoms with Gasteiger partial charge in [0.05, 0.1) is 11.4 Å². The van der Waals surface area contributed by atoms with E-state index < -0.39 is 0 Å². The average Bonchev–Trinajstić information content (AvgIpc) is 2.53. The van der Waals surface area contributed by atoms with Gasteiger partial charge in [-0.25, -0.2) is 4.99 Å². The first-order valence-corrected chi connectivity index (χ1v) is 4.32. The maximum Gasteiger partial charge on any atom is 0.198 e. The van der Waals surface area contributed by atoms with Gasteiger partial charge in [-0.1, -0.05) is 18.2 Å². The predicted octanol–water partition coefficient (Wildman–Crippen LogP) is 3.04. The molecule has 2 nitrogen and oxygen atoms in total. The van der Waals surface area contributed by atoms with E-state index in [-0.39, 0.29) is 0 Å². The van der Waals surface area contributed by atoms with E-state index in [1.165, 1.54) is 0 Å². The van der Waals surface area contributed by atoms with Crippen LogP contribution in [-0.2, 0) is 4.74 Å². The quantitative estimate of drug-likeness (QED) is 0.639. The summed E-state index contributed by atoms with van der Waals surface area (Å²) in [4.78, 5) is 4.35. The largest absolute Gasteiger partial charge is 0.448 e. The molecule has 0 radical (unpaired) electrons. The van der Waals surface area contributed by atoms with Gasteiger partial charge in [-0.2, -0.15) is 0 Å². The highest BCUT2D eigenvalue weighted by Gasteiger charge is 2.07. The Morgan fingerprint density at radius 3 is 2.62 bits per heavy atom. The smallest absolute Gasteiger partial charge is 0.198 e. The van der Waals surface area contributed by atoms with Crippen molar-refractivity contribution in [3.8, 4) is 0 Å². The van der Waals surface area contributed by atoms with Crippen molar-refractivity contribution in [3.05, 3.63) is 42.2 Å². The van der Waals surface area contributed by atoms with E-state index in [0.717, 1.165) is 23.8 Å². The Bertz CT molecular complexity index is 352. The molecule has 0 fully saturated rings. The van der Waals surface area contributed by atoms with Crippen molar-refractivity contribution in [3.63, 3.8) is 0 Å². The molecule has 1 aliphatic heterocycles. The van der Waals surface area contributed by atoms with Crippen molar-refractivity contribution in [2.24, 2.45) is 4.99 Å². The maximum atomic E-state index is 5.38. The molecule has 2 heteroatoms. The molecule has 0 saturated carbocycles. The predicted molar refractivity (Wildman–Crippen MR) is 53.0 cm³/mol. The van der Waals surface area contributed by atoms with Gasteiger partial charge in [0.25, 0.3) is 0 Å². The lowest BCUT2D eigenvalue weighted by molar-refractivity contribution is 0.429. The molecule has 1 heterocycles. The Morgan fingerprint density at radius 1 is 1.23 bits per heavy atom. The summed E-state index contributed by atoms with van der Waals surface area (Å²) >= 11 is 0. The summed E-state index contributed by atoms with van der Waals surface area (Å²) in [5, 5.41) is 0. The van der Waals surface area contributed by atoms with Gasteiger partial charge in [-0.3, -0.25) is 0 Å². The average molecular weight is 173 g/mol. The zero-order valence-corrected chi connectivity index (χ0v) is 7.53. The van der Waals surface area contributed by atoms with E-state index in [1.807, 2.05) is 43.3 Å². The van der Waals surface area contributed by atoms with Crippen LogP contribution in [0.15, 0.2) is 47.2 Å². The second-order valence-electron chi connectivity index (χ2n) is 2.96. The minimum atomic E-state index is 0.781. The molecule has 0 spiro atoms. The number of aliphatic imine (C=N–C) groups is 1. The fourth-order valence-corrected chi connectivity index (χ4v) is 1.22. The summed E-state index contributed by atoms with van der Waals surface area (Å²) < 4.78 is 5.38. The zero-order chi connectivity index (χ0) is 9.10. The summed E-state index contributed by atoms with van der Waals surface area (Å²) in [6.45, 7) is 1.94. The topological polar surface area (TPSA) is 21.6 Å². The van der Waals surface area contributed by atoms with Gasteiger partial charge >= 0.3 is 0 Å². The Morgan fingerprint density at radius 2 is 2.00 bits per heavy atom. The van der Waals surface area contributed by atoms with Gasteiger partial charge in [0.1, 0.15) is 0 Å². The first kappa shape index (κ1) is 8.05. The minimum absolute atomic E-state index is 0.781. The van der Waals surface area contributed by atoms with Gasteiger partial charge in [0.2, 0.25) is 0 Å². The number of allylic oxidation sites excluding steroid dienone is 1. The second-order valence-corrected chi connectivity index (χ2v) is 2.96. The fourth-order valence-electron chi connectivity index (χ4n) is 1.22. The van der Waals surface area contributed by atoms with Gasteiger partial charge in [0.15, 0.2) is 5.90 Å². The highest BCUT2D eigenvalue weighted by Crippen LogP contribution is 2.17. The van der Waals surface area contributed by atoms with Crippen LogP contribution in [-0.4, -0.2) is 5.90 Å². The van der Waals surface area contributed by atoms with Crippen molar-refractivity contribution in [2.45, 2.75) is 13.3 Å². The number of benzene rings is 1. The Kier molecular flexibility index (Phi) is 2.13. The first-order valence-electron chi connectivity index (χ1n) is 4.32. The maximum absolute atomic E-state index is 5.38. The van der Waals surface area contributed by atoms with Crippen molar-refractivity contribution < 1.29 is 4.74 Å². The van der Waals surface area contributed by atoms with E-state index in [1.54, 1.807) is 0 Å². The van der Waals surface area contributed by atoms with Crippen LogP contribution in [0, 0.1) is 0 Å². The molecule has 1 aromatic rings. The SMILES string of the molecule is CC1=CCC(=Nc2ccccc2)O1. The first-order chi connectivity index (χ1) is 6.34. The molecular formula is C11H11NO. The minimum Gasteiger partial charge on any atom is -0.448 e. The summed E-state index contributed by atoms with van der Waals surface area (Å²) in [5.41, 5.74) is 0.945. The van der Waals surface area contributed by atoms with E-state index in [2.05, 4.69) is 4.99 Å². The van der Waals surface area contributed by atoms with Crippen LogP contribution in [0.25, 0.3) is 0 Å². The number of para-hydroxylation sites is 1. The van der Waals surface area contributed by atoms with Crippen molar-refractivity contribution in [2.75, 3.05) is 0 Å². The standard InChI is InChI=1S/C11H11NO/c1-9-7-8-11(13-9)12-10-5-3-2-4-6-10/h2-7H,8H2,1H3. The molecular weight excluding hydrogens is 162 g/mol. The van der Waals surface area contributed by atoms with Gasteiger partial charge in [-0.15, -0.1) is 0 Å². The molecule has 1 aliphatic rings. The Labute approximate surface area is 77.6 Å².